The van der Waals surface area contributed by atoms with E-state index < -0.39 is 0 Å². The van der Waals surface area contributed by atoms with Crippen LogP contribution in [0.4, 0.5) is 4.39 Å². The van der Waals surface area contributed by atoms with Crippen molar-refractivity contribution in [1.82, 2.24) is 0 Å². The van der Waals surface area contributed by atoms with Gasteiger partial charge in [-0.2, -0.15) is 11.8 Å². The highest BCUT2D eigenvalue weighted by atomic mass is 32.2. The molecule has 0 spiro atoms. The normalized spacial score (nSPS) is 26.5. The highest BCUT2D eigenvalue weighted by molar-refractivity contribution is 7.99. The molecule has 1 aliphatic heterocycles. The quantitative estimate of drug-likeness (QED) is 0.837. The zero-order valence-electron chi connectivity index (χ0n) is 8.66. The Kier molecular flexibility index (Phi) is 3.65. The Hall–Kier alpha value is -0.540. The smallest absolute Gasteiger partial charge is 0.123 e. The third-order valence-electron chi connectivity index (χ3n) is 3.08. The molecule has 0 amide bonds. The molecule has 0 radical (unpaired) electrons. The summed E-state index contributed by atoms with van der Waals surface area (Å²) in [5, 5.41) is 0. The second kappa shape index (κ2) is 4.99. The molecule has 2 unspecified atom stereocenters. The molecule has 0 saturated carbocycles. The molecule has 1 aromatic carbocycles. The summed E-state index contributed by atoms with van der Waals surface area (Å²) in [6, 6.07) is 6.90. The first-order valence-electron chi connectivity index (χ1n) is 5.34. The Bertz CT molecular complexity index is 312. The van der Waals surface area contributed by atoms with Gasteiger partial charge in [-0.1, -0.05) is 12.1 Å². The Labute approximate surface area is 94.2 Å². The van der Waals surface area contributed by atoms with Gasteiger partial charge in [0.05, 0.1) is 0 Å². The molecule has 2 rings (SSSR count). The highest BCUT2D eigenvalue weighted by Crippen LogP contribution is 2.35. The van der Waals surface area contributed by atoms with E-state index in [1.807, 2.05) is 23.9 Å². The van der Waals surface area contributed by atoms with E-state index in [9.17, 15) is 4.39 Å². The monoisotopic (exact) mass is 225 g/mol. The average Bonchev–Trinajstić information content (AvgIpc) is 2.30. The lowest BCUT2D eigenvalue weighted by atomic mass is 9.85. The summed E-state index contributed by atoms with van der Waals surface area (Å²) in [6.07, 6.45) is 1.16. The van der Waals surface area contributed by atoms with Gasteiger partial charge in [-0.05, 0) is 54.0 Å². The second-order valence-electron chi connectivity index (χ2n) is 4.02. The summed E-state index contributed by atoms with van der Waals surface area (Å²) in [5.41, 5.74) is 7.02. The molecule has 1 heterocycles. The molecular weight excluding hydrogens is 209 g/mol. The molecule has 2 atom stereocenters. The number of rotatable bonds is 2. The van der Waals surface area contributed by atoms with Crippen LogP contribution in [0.5, 0.6) is 0 Å². The molecule has 0 aromatic heterocycles. The van der Waals surface area contributed by atoms with Gasteiger partial charge in [0.2, 0.25) is 0 Å². The van der Waals surface area contributed by atoms with Crippen molar-refractivity contribution >= 4 is 11.8 Å². The molecule has 15 heavy (non-hydrogen) atoms. The third kappa shape index (κ3) is 2.52. The summed E-state index contributed by atoms with van der Waals surface area (Å²) in [4.78, 5) is 0. The van der Waals surface area contributed by atoms with Gasteiger partial charge in [0.25, 0.3) is 0 Å². The van der Waals surface area contributed by atoms with Crippen molar-refractivity contribution in [3.05, 3.63) is 35.6 Å². The van der Waals surface area contributed by atoms with Gasteiger partial charge >= 0.3 is 0 Å². The molecular formula is C12H16FNS. The summed E-state index contributed by atoms with van der Waals surface area (Å²) in [7, 11) is 0. The summed E-state index contributed by atoms with van der Waals surface area (Å²) >= 11 is 1.98. The maximum absolute atomic E-state index is 12.8. The molecule has 0 bridgehead atoms. The SMILES string of the molecule is NCC1CSCCC1c1ccc(F)cc1. The van der Waals surface area contributed by atoms with Crippen LogP contribution in [0.15, 0.2) is 24.3 Å². The highest BCUT2D eigenvalue weighted by Gasteiger charge is 2.25. The van der Waals surface area contributed by atoms with Crippen LogP contribution in [0.25, 0.3) is 0 Å². The minimum atomic E-state index is -0.159. The first-order valence-corrected chi connectivity index (χ1v) is 6.50. The van der Waals surface area contributed by atoms with Crippen molar-refractivity contribution in [2.45, 2.75) is 12.3 Å². The molecule has 1 saturated heterocycles. The minimum absolute atomic E-state index is 0.159. The molecule has 0 aliphatic carbocycles. The van der Waals surface area contributed by atoms with Crippen LogP contribution in [0.3, 0.4) is 0 Å². The topological polar surface area (TPSA) is 26.0 Å². The van der Waals surface area contributed by atoms with E-state index in [2.05, 4.69) is 0 Å². The molecule has 1 fully saturated rings. The number of hydrogen-bond donors (Lipinski definition) is 1. The fourth-order valence-corrected chi connectivity index (χ4v) is 3.44. The van der Waals surface area contributed by atoms with Crippen LogP contribution in [0.2, 0.25) is 0 Å². The molecule has 3 heteroatoms. The second-order valence-corrected chi connectivity index (χ2v) is 5.17. The Morgan fingerprint density at radius 3 is 2.73 bits per heavy atom. The van der Waals surface area contributed by atoms with E-state index >= 15 is 0 Å². The van der Waals surface area contributed by atoms with Crippen molar-refractivity contribution in [3.8, 4) is 0 Å². The summed E-state index contributed by atoms with van der Waals surface area (Å²) in [5.74, 6) is 3.25. The van der Waals surface area contributed by atoms with Crippen LogP contribution in [0, 0.1) is 11.7 Å². The van der Waals surface area contributed by atoms with Crippen LogP contribution in [-0.4, -0.2) is 18.1 Å². The molecule has 2 N–H and O–H groups in total. The van der Waals surface area contributed by atoms with Gasteiger partial charge < -0.3 is 5.73 Å². The molecule has 1 aliphatic rings. The zero-order chi connectivity index (χ0) is 10.7. The average molecular weight is 225 g/mol. The van der Waals surface area contributed by atoms with E-state index in [-0.39, 0.29) is 5.82 Å². The van der Waals surface area contributed by atoms with Crippen molar-refractivity contribution in [3.63, 3.8) is 0 Å². The lowest BCUT2D eigenvalue weighted by molar-refractivity contribution is 0.454. The number of benzene rings is 1. The van der Waals surface area contributed by atoms with Crippen molar-refractivity contribution in [2.75, 3.05) is 18.1 Å². The fourth-order valence-electron chi connectivity index (χ4n) is 2.18. The summed E-state index contributed by atoms with van der Waals surface area (Å²) in [6.45, 7) is 0.731. The predicted molar refractivity (Wildman–Crippen MR) is 63.6 cm³/mol. The maximum Gasteiger partial charge on any atom is 0.123 e. The largest absolute Gasteiger partial charge is 0.330 e. The molecule has 1 aromatic rings. The fraction of sp³-hybridized carbons (Fsp3) is 0.500. The van der Waals surface area contributed by atoms with Gasteiger partial charge in [-0.25, -0.2) is 4.39 Å². The van der Waals surface area contributed by atoms with Crippen LogP contribution in [0.1, 0.15) is 17.9 Å². The lowest BCUT2D eigenvalue weighted by Gasteiger charge is -2.30. The van der Waals surface area contributed by atoms with Crippen molar-refractivity contribution in [2.24, 2.45) is 11.7 Å². The first-order chi connectivity index (χ1) is 7.31. The number of hydrogen-bond acceptors (Lipinski definition) is 2. The number of thioether (sulfide) groups is 1. The van der Waals surface area contributed by atoms with Gasteiger partial charge in [0.15, 0.2) is 0 Å². The van der Waals surface area contributed by atoms with Gasteiger partial charge in [0.1, 0.15) is 5.82 Å². The maximum atomic E-state index is 12.8. The third-order valence-corrected chi connectivity index (χ3v) is 4.26. The van der Waals surface area contributed by atoms with Crippen molar-refractivity contribution in [1.29, 1.82) is 0 Å². The van der Waals surface area contributed by atoms with Gasteiger partial charge in [0, 0.05) is 0 Å². The van der Waals surface area contributed by atoms with Gasteiger partial charge in [-0.15, -0.1) is 0 Å². The van der Waals surface area contributed by atoms with E-state index in [4.69, 9.17) is 5.73 Å². The van der Waals surface area contributed by atoms with E-state index in [1.54, 1.807) is 12.1 Å². The van der Waals surface area contributed by atoms with Crippen molar-refractivity contribution < 1.29 is 4.39 Å². The zero-order valence-corrected chi connectivity index (χ0v) is 9.47. The van der Waals surface area contributed by atoms with Gasteiger partial charge in [-0.3, -0.25) is 0 Å². The standard InChI is InChI=1S/C12H16FNS/c13-11-3-1-9(2-4-11)12-5-6-15-8-10(12)7-14/h1-4,10,12H,5-8,14H2. The first kappa shape index (κ1) is 11.0. The molecule has 82 valence electrons. The van der Waals surface area contributed by atoms with Crippen LogP contribution < -0.4 is 5.73 Å². The Morgan fingerprint density at radius 2 is 2.07 bits per heavy atom. The van der Waals surface area contributed by atoms with E-state index in [0.717, 1.165) is 18.7 Å². The Balaban J connectivity index is 2.16. The van der Waals surface area contributed by atoms with E-state index in [0.29, 0.717) is 11.8 Å². The lowest BCUT2D eigenvalue weighted by Crippen LogP contribution is -2.28. The molecule has 1 nitrogen and oxygen atoms in total. The minimum Gasteiger partial charge on any atom is -0.330 e. The number of halogens is 1. The van der Waals surface area contributed by atoms with Crippen LogP contribution in [-0.2, 0) is 0 Å². The number of nitrogens with two attached hydrogens (primary N) is 1. The predicted octanol–water partition coefficient (Wildman–Crippen LogP) is 2.62. The summed E-state index contributed by atoms with van der Waals surface area (Å²) < 4.78 is 12.8. The Morgan fingerprint density at radius 1 is 1.33 bits per heavy atom. The van der Waals surface area contributed by atoms with E-state index in [1.165, 1.54) is 11.3 Å². The van der Waals surface area contributed by atoms with Crippen LogP contribution >= 0.6 is 11.8 Å².